The maximum atomic E-state index is 13.5. The van der Waals surface area contributed by atoms with Gasteiger partial charge in [0.25, 0.3) is 0 Å². The van der Waals surface area contributed by atoms with Crippen LogP contribution in [0.25, 0.3) is 10.2 Å². The number of nitrogens with one attached hydrogen (secondary N) is 1. The lowest BCUT2D eigenvalue weighted by Crippen LogP contribution is -2.03. The Bertz CT molecular complexity index is 924. The minimum Gasteiger partial charge on any atom is -0.462 e. The molecular formula is C17H16FN3O2S. The summed E-state index contributed by atoms with van der Waals surface area (Å²) in [4.78, 5) is 21.8. The lowest BCUT2D eigenvalue weighted by Gasteiger charge is -2.10. The second kappa shape index (κ2) is 6.52. The van der Waals surface area contributed by atoms with Crippen molar-refractivity contribution in [3.05, 3.63) is 46.3 Å². The van der Waals surface area contributed by atoms with E-state index in [1.54, 1.807) is 13.0 Å². The highest BCUT2D eigenvalue weighted by Crippen LogP contribution is 2.35. The third kappa shape index (κ3) is 2.94. The molecule has 3 rings (SSSR count). The summed E-state index contributed by atoms with van der Waals surface area (Å²) in [5.41, 5.74) is 2.27. The van der Waals surface area contributed by atoms with Crippen molar-refractivity contribution in [1.29, 1.82) is 0 Å². The Hall–Kier alpha value is -2.54. The van der Waals surface area contributed by atoms with Crippen LogP contribution in [0, 0.1) is 19.7 Å². The van der Waals surface area contributed by atoms with E-state index in [9.17, 15) is 9.18 Å². The predicted octanol–water partition coefficient (Wildman–Crippen LogP) is 4.37. The molecule has 2 aromatic heterocycles. The summed E-state index contributed by atoms with van der Waals surface area (Å²) in [5.74, 6) is -0.161. The molecule has 0 aliphatic rings. The molecule has 1 aromatic carbocycles. The van der Waals surface area contributed by atoms with Crippen molar-refractivity contribution in [3.63, 3.8) is 0 Å². The number of thiophene rings is 1. The van der Waals surface area contributed by atoms with Gasteiger partial charge in [-0.1, -0.05) is 6.07 Å². The molecule has 2 heterocycles. The van der Waals surface area contributed by atoms with Crippen molar-refractivity contribution in [2.45, 2.75) is 20.8 Å². The number of esters is 1. The molecule has 0 radical (unpaired) electrons. The van der Waals surface area contributed by atoms with Crippen LogP contribution in [0.5, 0.6) is 0 Å². The maximum absolute atomic E-state index is 13.5. The highest BCUT2D eigenvalue weighted by molar-refractivity contribution is 7.20. The zero-order valence-electron chi connectivity index (χ0n) is 13.5. The summed E-state index contributed by atoms with van der Waals surface area (Å²) < 4.78 is 18.6. The van der Waals surface area contributed by atoms with Crippen molar-refractivity contribution in [3.8, 4) is 0 Å². The van der Waals surface area contributed by atoms with E-state index in [4.69, 9.17) is 4.74 Å². The first-order valence-electron chi connectivity index (χ1n) is 7.45. The average Bonchev–Trinajstić information content (AvgIpc) is 2.89. The minimum atomic E-state index is -0.370. The first-order valence-corrected chi connectivity index (χ1v) is 8.27. The molecule has 0 amide bonds. The average molecular weight is 345 g/mol. The lowest BCUT2D eigenvalue weighted by atomic mass is 10.1. The molecule has 0 spiro atoms. The minimum absolute atomic E-state index is 0.311. The number of carbonyl (C=O) groups excluding carboxylic acids is 1. The molecule has 7 heteroatoms. The number of aromatic nitrogens is 2. The number of carbonyl (C=O) groups is 1. The molecule has 0 fully saturated rings. The van der Waals surface area contributed by atoms with Crippen LogP contribution in [0.4, 0.5) is 15.9 Å². The smallest absolute Gasteiger partial charge is 0.348 e. The first-order chi connectivity index (χ1) is 11.5. The van der Waals surface area contributed by atoms with Crippen molar-refractivity contribution < 1.29 is 13.9 Å². The van der Waals surface area contributed by atoms with Gasteiger partial charge < -0.3 is 10.1 Å². The first kappa shape index (κ1) is 16.3. The fraction of sp³-hybridized carbons (Fsp3) is 0.235. The lowest BCUT2D eigenvalue weighted by molar-refractivity contribution is 0.0531. The number of hydrogen-bond donors (Lipinski definition) is 1. The van der Waals surface area contributed by atoms with Gasteiger partial charge in [0.2, 0.25) is 0 Å². The Labute approximate surface area is 142 Å². The van der Waals surface area contributed by atoms with Crippen LogP contribution in [0.2, 0.25) is 0 Å². The van der Waals surface area contributed by atoms with E-state index in [1.165, 1.54) is 29.8 Å². The summed E-state index contributed by atoms with van der Waals surface area (Å²) in [5, 5.41) is 3.89. The molecular weight excluding hydrogens is 329 g/mol. The van der Waals surface area contributed by atoms with Crippen molar-refractivity contribution >= 4 is 39.0 Å². The molecule has 0 bridgehead atoms. The maximum Gasteiger partial charge on any atom is 0.348 e. The highest BCUT2D eigenvalue weighted by Gasteiger charge is 2.20. The zero-order chi connectivity index (χ0) is 17.3. The fourth-order valence-corrected chi connectivity index (χ4v) is 3.46. The van der Waals surface area contributed by atoms with Gasteiger partial charge in [-0.25, -0.2) is 19.2 Å². The van der Waals surface area contributed by atoms with Gasteiger partial charge in [-0.2, -0.15) is 0 Å². The summed E-state index contributed by atoms with van der Waals surface area (Å²) in [6, 6.07) is 4.52. The summed E-state index contributed by atoms with van der Waals surface area (Å²) in [7, 11) is 0. The van der Waals surface area contributed by atoms with Crippen LogP contribution in [-0.2, 0) is 4.74 Å². The summed E-state index contributed by atoms with van der Waals surface area (Å²) in [6.45, 7) is 5.79. The Morgan fingerprint density at radius 1 is 1.33 bits per heavy atom. The second-order valence-corrected chi connectivity index (χ2v) is 6.26. The Morgan fingerprint density at radius 2 is 2.12 bits per heavy atom. The number of ether oxygens (including phenoxy) is 1. The molecule has 1 N–H and O–H groups in total. The van der Waals surface area contributed by atoms with E-state index in [0.717, 1.165) is 16.5 Å². The van der Waals surface area contributed by atoms with E-state index < -0.39 is 0 Å². The van der Waals surface area contributed by atoms with Gasteiger partial charge in [0.1, 0.15) is 27.7 Å². The van der Waals surface area contributed by atoms with E-state index in [-0.39, 0.29) is 11.8 Å². The standard InChI is InChI=1S/C17H16FN3O2S/c1-4-23-17(22)14-10(3)13-15(19-8-20-16(13)24-14)21-12-7-11(18)6-5-9(12)2/h5-8H,4H2,1-3H3,(H,19,20,21). The number of halogens is 1. The number of nitrogens with zero attached hydrogens (tertiary/aromatic N) is 2. The number of benzene rings is 1. The Kier molecular flexibility index (Phi) is 4.44. The third-order valence-electron chi connectivity index (χ3n) is 3.64. The fourth-order valence-electron chi connectivity index (χ4n) is 2.41. The number of fused-ring (bicyclic) bond motifs is 1. The SMILES string of the molecule is CCOC(=O)c1sc2ncnc(Nc3cc(F)ccc3C)c2c1C. The van der Waals surface area contributed by atoms with Gasteiger partial charge in [-0.3, -0.25) is 0 Å². The van der Waals surface area contributed by atoms with Gasteiger partial charge in [-0.15, -0.1) is 11.3 Å². The number of rotatable bonds is 4. The van der Waals surface area contributed by atoms with Gasteiger partial charge in [0, 0.05) is 5.69 Å². The molecule has 0 unspecified atom stereocenters. The van der Waals surface area contributed by atoms with Gasteiger partial charge >= 0.3 is 5.97 Å². The van der Waals surface area contributed by atoms with E-state index in [2.05, 4.69) is 15.3 Å². The number of anilines is 2. The van der Waals surface area contributed by atoms with Crippen LogP contribution in [-0.4, -0.2) is 22.5 Å². The normalized spacial score (nSPS) is 10.8. The zero-order valence-corrected chi connectivity index (χ0v) is 14.3. The van der Waals surface area contributed by atoms with Crippen LogP contribution in [0.3, 0.4) is 0 Å². The molecule has 3 aromatic rings. The summed E-state index contributed by atoms with van der Waals surface area (Å²) >= 11 is 1.26. The topological polar surface area (TPSA) is 64.1 Å². The van der Waals surface area contributed by atoms with Gasteiger partial charge in [0.15, 0.2) is 0 Å². The summed E-state index contributed by atoms with van der Waals surface area (Å²) in [6.07, 6.45) is 1.42. The van der Waals surface area contributed by atoms with Crippen molar-refractivity contribution in [2.24, 2.45) is 0 Å². The van der Waals surface area contributed by atoms with Crippen LogP contribution >= 0.6 is 11.3 Å². The van der Waals surface area contributed by atoms with Crippen molar-refractivity contribution in [2.75, 3.05) is 11.9 Å². The van der Waals surface area contributed by atoms with Crippen LogP contribution < -0.4 is 5.32 Å². The molecule has 0 saturated heterocycles. The molecule has 0 saturated carbocycles. The Balaban J connectivity index is 2.09. The highest BCUT2D eigenvalue weighted by atomic mass is 32.1. The van der Waals surface area contributed by atoms with Crippen molar-refractivity contribution in [1.82, 2.24) is 9.97 Å². The molecule has 0 atom stereocenters. The third-order valence-corrected chi connectivity index (χ3v) is 4.82. The molecule has 0 aliphatic heterocycles. The van der Waals surface area contributed by atoms with E-state index in [0.29, 0.717) is 27.8 Å². The van der Waals surface area contributed by atoms with Crippen LogP contribution in [0.15, 0.2) is 24.5 Å². The number of aryl methyl sites for hydroxylation is 2. The Morgan fingerprint density at radius 3 is 2.88 bits per heavy atom. The van der Waals surface area contributed by atoms with Gasteiger partial charge in [-0.05, 0) is 44.0 Å². The molecule has 5 nitrogen and oxygen atoms in total. The molecule has 24 heavy (non-hydrogen) atoms. The second-order valence-electron chi connectivity index (χ2n) is 5.26. The predicted molar refractivity (Wildman–Crippen MR) is 92.5 cm³/mol. The van der Waals surface area contributed by atoms with Crippen LogP contribution in [0.1, 0.15) is 27.7 Å². The van der Waals surface area contributed by atoms with E-state index >= 15 is 0 Å². The largest absolute Gasteiger partial charge is 0.462 e. The molecule has 124 valence electrons. The van der Waals surface area contributed by atoms with E-state index in [1.807, 2.05) is 13.8 Å². The number of hydrogen-bond acceptors (Lipinski definition) is 6. The molecule has 0 aliphatic carbocycles. The van der Waals surface area contributed by atoms with Gasteiger partial charge in [0.05, 0.1) is 12.0 Å². The monoisotopic (exact) mass is 345 g/mol. The quantitative estimate of drug-likeness (QED) is 0.712.